The molecule has 1 unspecified atom stereocenters. The van der Waals surface area contributed by atoms with Crippen LogP contribution in [-0.4, -0.2) is 32.2 Å². The molecule has 2 aromatic carbocycles. The van der Waals surface area contributed by atoms with Crippen LogP contribution in [0.15, 0.2) is 54.6 Å². The Balaban J connectivity index is 1.63. The van der Waals surface area contributed by atoms with E-state index in [4.69, 9.17) is 4.74 Å². The van der Waals surface area contributed by atoms with Gasteiger partial charge in [0.1, 0.15) is 5.82 Å². The fourth-order valence-corrected chi connectivity index (χ4v) is 2.93. The van der Waals surface area contributed by atoms with E-state index >= 15 is 0 Å². The third-order valence-electron chi connectivity index (χ3n) is 4.42. The van der Waals surface area contributed by atoms with Crippen molar-refractivity contribution in [3.63, 3.8) is 0 Å². The van der Waals surface area contributed by atoms with Gasteiger partial charge < -0.3 is 15.0 Å². The van der Waals surface area contributed by atoms with Gasteiger partial charge in [-0.1, -0.05) is 30.3 Å². The van der Waals surface area contributed by atoms with Gasteiger partial charge in [-0.15, -0.1) is 0 Å². The van der Waals surface area contributed by atoms with Crippen LogP contribution in [0, 0.1) is 5.82 Å². The lowest BCUT2D eigenvalue weighted by molar-refractivity contribution is -0.117. The highest BCUT2D eigenvalue weighted by molar-refractivity contribution is 5.92. The molecule has 4 nitrogen and oxygen atoms in total. The van der Waals surface area contributed by atoms with Gasteiger partial charge in [0.25, 0.3) is 0 Å². The number of benzene rings is 2. The van der Waals surface area contributed by atoms with E-state index in [9.17, 15) is 9.18 Å². The molecule has 0 aliphatic carbocycles. The smallest absolute Gasteiger partial charge is 0.244 e. The topological polar surface area (TPSA) is 41.6 Å². The van der Waals surface area contributed by atoms with Crippen LogP contribution in [0.25, 0.3) is 6.08 Å². The summed E-state index contributed by atoms with van der Waals surface area (Å²) in [5.41, 5.74) is 2.56. The van der Waals surface area contributed by atoms with Crippen molar-refractivity contribution in [3.8, 4) is 0 Å². The summed E-state index contributed by atoms with van der Waals surface area (Å²) in [7, 11) is 0. The first-order valence-corrected chi connectivity index (χ1v) is 8.79. The van der Waals surface area contributed by atoms with Gasteiger partial charge in [-0.2, -0.15) is 0 Å². The minimum absolute atomic E-state index is 0.145. The molecule has 1 amide bonds. The molecule has 3 rings (SSSR count). The molecule has 0 saturated carbocycles. The Bertz CT molecular complexity index is 785. The molecule has 1 saturated heterocycles. The maximum absolute atomic E-state index is 13.6. The van der Waals surface area contributed by atoms with E-state index in [1.807, 2.05) is 19.1 Å². The van der Waals surface area contributed by atoms with E-state index < -0.39 is 0 Å². The average molecular weight is 354 g/mol. The van der Waals surface area contributed by atoms with Crippen molar-refractivity contribution >= 4 is 17.7 Å². The Morgan fingerprint density at radius 3 is 2.73 bits per heavy atom. The molecule has 1 fully saturated rings. The minimum atomic E-state index is -0.345. The number of carbonyl (C=O) groups is 1. The van der Waals surface area contributed by atoms with Crippen molar-refractivity contribution < 1.29 is 13.9 Å². The van der Waals surface area contributed by atoms with Crippen molar-refractivity contribution in [2.24, 2.45) is 0 Å². The number of hydrogen-bond donors (Lipinski definition) is 1. The zero-order valence-corrected chi connectivity index (χ0v) is 14.8. The monoisotopic (exact) mass is 354 g/mol. The maximum atomic E-state index is 13.6. The quantitative estimate of drug-likeness (QED) is 0.835. The molecule has 26 heavy (non-hydrogen) atoms. The van der Waals surface area contributed by atoms with Crippen LogP contribution in [0.4, 0.5) is 10.1 Å². The number of halogens is 1. The zero-order valence-electron chi connectivity index (χ0n) is 14.8. The van der Waals surface area contributed by atoms with E-state index in [0.29, 0.717) is 5.56 Å². The fraction of sp³-hybridized carbons (Fsp3) is 0.286. The van der Waals surface area contributed by atoms with Crippen molar-refractivity contribution in [3.05, 3.63) is 71.6 Å². The Hall–Kier alpha value is -2.66. The summed E-state index contributed by atoms with van der Waals surface area (Å²) < 4.78 is 19.0. The van der Waals surface area contributed by atoms with Crippen molar-refractivity contribution in [1.29, 1.82) is 0 Å². The third kappa shape index (κ3) is 4.70. The largest absolute Gasteiger partial charge is 0.378 e. The zero-order chi connectivity index (χ0) is 18.4. The number of hydrogen-bond acceptors (Lipinski definition) is 3. The normalized spacial score (nSPS) is 15.8. The molecule has 1 atom stereocenters. The predicted octanol–water partition coefficient (Wildman–Crippen LogP) is 3.55. The molecule has 0 aromatic heterocycles. The number of anilines is 1. The van der Waals surface area contributed by atoms with Crippen LogP contribution in [0.5, 0.6) is 0 Å². The number of morpholine rings is 1. The number of amides is 1. The highest BCUT2D eigenvalue weighted by atomic mass is 19.1. The number of rotatable bonds is 5. The molecule has 0 bridgehead atoms. The van der Waals surface area contributed by atoms with Crippen LogP contribution in [0.2, 0.25) is 0 Å². The summed E-state index contributed by atoms with van der Waals surface area (Å²) in [5.74, 6) is -0.597. The summed E-state index contributed by atoms with van der Waals surface area (Å²) in [6.07, 6.45) is 2.85. The molecule has 1 N–H and O–H groups in total. The Kier molecular flexibility index (Phi) is 6.02. The summed E-state index contributed by atoms with van der Waals surface area (Å²) in [6, 6.07) is 14.4. The van der Waals surface area contributed by atoms with E-state index in [2.05, 4.69) is 22.3 Å². The van der Waals surface area contributed by atoms with E-state index in [-0.39, 0.29) is 17.8 Å². The lowest BCUT2D eigenvalue weighted by atomic mass is 10.1. The molecular formula is C21H23FN2O2. The molecule has 0 radical (unpaired) electrons. The molecule has 1 aliphatic rings. The molecule has 2 aromatic rings. The first kappa shape index (κ1) is 18.1. The molecule has 5 heteroatoms. The van der Waals surface area contributed by atoms with Crippen LogP contribution in [-0.2, 0) is 9.53 Å². The van der Waals surface area contributed by atoms with Gasteiger partial charge in [-0.25, -0.2) is 4.39 Å². The highest BCUT2D eigenvalue weighted by Crippen LogP contribution is 2.21. The van der Waals surface area contributed by atoms with E-state index in [1.54, 1.807) is 18.2 Å². The lowest BCUT2D eigenvalue weighted by Crippen LogP contribution is -2.36. The maximum Gasteiger partial charge on any atom is 0.244 e. The SMILES string of the molecule is CC(NC(=O)/C=C/c1ccccc1F)c1cccc(N2CCOCC2)c1. The molecule has 136 valence electrons. The summed E-state index contributed by atoms with van der Waals surface area (Å²) >= 11 is 0. The number of nitrogens with one attached hydrogen (secondary N) is 1. The standard InChI is InChI=1S/C21H23FN2O2/c1-16(23-21(25)10-9-17-5-2-3-8-20(17)22)18-6-4-7-19(15-18)24-11-13-26-14-12-24/h2-10,15-16H,11-14H2,1H3,(H,23,25)/b10-9+. The molecule has 0 spiro atoms. The molecule has 1 aliphatic heterocycles. The Morgan fingerprint density at radius 1 is 1.19 bits per heavy atom. The van der Waals surface area contributed by atoms with Crippen LogP contribution in [0.3, 0.4) is 0 Å². The Morgan fingerprint density at radius 2 is 1.96 bits per heavy atom. The van der Waals surface area contributed by atoms with Crippen molar-refractivity contribution in [2.75, 3.05) is 31.2 Å². The summed E-state index contributed by atoms with van der Waals surface area (Å²) in [5, 5.41) is 2.92. The molecular weight excluding hydrogens is 331 g/mol. The van der Waals surface area contributed by atoms with E-state index in [1.165, 1.54) is 18.2 Å². The first-order valence-electron chi connectivity index (χ1n) is 8.79. The minimum Gasteiger partial charge on any atom is -0.378 e. The van der Waals surface area contributed by atoms with E-state index in [0.717, 1.165) is 37.6 Å². The van der Waals surface area contributed by atoms with Gasteiger partial charge in [-0.3, -0.25) is 4.79 Å². The first-order chi connectivity index (χ1) is 12.6. The van der Waals surface area contributed by atoms with Crippen molar-refractivity contribution in [2.45, 2.75) is 13.0 Å². The third-order valence-corrected chi connectivity index (χ3v) is 4.42. The summed E-state index contributed by atoms with van der Waals surface area (Å²) in [4.78, 5) is 14.4. The van der Waals surface area contributed by atoms with Gasteiger partial charge in [0, 0.05) is 30.4 Å². The number of nitrogens with zero attached hydrogens (tertiary/aromatic N) is 1. The van der Waals surface area contributed by atoms with Gasteiger partial charge in [-0.05, 0) is 36.8 Å². The van der Waals surface area contributed by atoms with Crippen molar-refractivity contribution in [1.82, 2.24) is 5.32 Å². The van der Waals surface area contributed by atoms with Crippen LogP contribution in [0.1, 0.15) is 24.1 Å². The highest BCUT2D eigenvalue weighted by Gasteiger charge is 2.13. The predicted molar refractivity (Wildman–Crippen MR) is 101 cm³/mol. The Labute approximate surface area is 153 Å². The molecule has 1 heterocycles. The lowest BCUT2D eigenvalue weighted by Gasteiger charge is -2.29. The summed E-state index contributed by atoms with van der Waals surface area (Å²) in [6.45, 7) is 5.15. The second-order valence-electron chi connectivity index (χ2n) is 6.28. The van der Waals surface area contributed by atoms with Gasteiger partial charge in [0.05, 0.1) is 19.3 Å². The van der Waals surface area contributed by atoms with Gasteiger partial charge in [0.15, 0.2) is 0 Å². The van der Waals surface area contributed by atoms with Gasteiger partial charge in [0.2, 0.25) is 5.91 Å². The number of carbonyl (C=O) groups excluding carboxylic acids is 1. The second-order valence-corrected chi connectivity index (χ2v) is 6.28. The average Bonchev–Trinajstić information content (AvgIpc) is 2.68. The van der Waals surface area contributed by atoms with Crippen LogP contribution < -0.4 is 10.2 Å². The number of ether oxygens (including phenoxy) is 1. The van der Waals surface area contributed by atoms with Gasteiger partial charge >= 0.3 is 0 Å². The van der Waals surface area contributed by atoms with Crippen LogP contribution >= 0.6 is 0 Å². The fourth-order valence-electron chi connectivity index (χ4n) is 2.93. The second kappa shape index (κ2) is 8.63.